The molecule has 2 aromatic rings. The second kappa shape index (κ2) is 8.33. The van der Waals surface area contributed by atoms with Crippen LogP contribution in [-0.4, -0.2) is 54.8 Å². The molecule has 0 saturated carbocycles. The van der Waals surface area contributed by atoms with E-state index in [0.29, 0.717) is 36.4 Å². The zero-order valence-corrected chi connectivity index (χ0v) is 15.9. The first-order valence-corrected chi connectivity index (χ1v) is 9.59. The third-order valence-electron chi connectivity index (χ3n) is 4.68. The van der Waals surface area contributed by atoms with Gasteiger partial charge in [-0.05, 0) is 31.9 Å². The number of carbonyl (C=O) groups excluding carboxylic acids is 1. The molecular formula is C20H24N4O4. The number of nitrogens with zero attached hydrogens (tertiary/aromatic N) is 3. The molecule has 148 valence electrons. The minimum atomic E-state index is -0.669. The lowest BCUT2D eigenvalue weighted by atomic mass is 10.2. The number of aryl methyl sites for hydroxylation is 1. The number of carbonyl (C=O) groups is 1. The highest BCUT2D eigenvalue weighted by molar-refractivity contribution is 5.81. The summed E-state index contributed by atoms with van der Waals surface area (Å²) in [5.74, 6) is 3.11. The van der Waals surface area contributed by atoms with Crippen LogP contribution < -0.4 is 24.4 Å². The highest BCUT2D eigenvalue weighted by atomic mass is 16.6. The Morgan fingerprint density at radius 2 is 2.04 bits per heavy atom. The van der Waals surface area contributed by atoms with Crippen molar-refractivity contribution in [2.45, 2.75) is 25.9 Å². The van der Waals surface area contributed by atoms with E-state index in [1.807, 2.05) is 31.2 Å². The molecule has 0 spiro atoms. The third-order valence-corrected chi connectivity index (χ3v) is 4.68. The zero-order chi connectivity index (χ0) is 19.3. The Morgan fingerprint density at radius 1 is 1.25 bits per heavy atom. The predicted molar refractivity (Wildman–Crippen MR) is 103 cm³/mol. The van der Waals surface area contributed by atoms with Gasteiger partial charge in [-0.1, -0.05) is 12.1 Å². The molecule has 1 aromatic carbocycles. The molecule has 0 aliphatic carbocycles. The maximum Gasteiger partial charge on any atom is 0.264 e. The average molecular weight is 384 g/mol. The molecule has 1 saturated heterocycles. The highest BCUT2D eigenvalue weighted by Crippen LogP contribution is 2.30. The fraction of sp³-hybridized carbons (Fsp3) is 0.450. The van der Waals surface area contributed by atoms with Crippen molar-refractivity contribution < 1.29 is 19.0 Å². The van der Waals surface area contributed by atoms with Crippen molar-refractivity contribution in [1.29, 1.82) is 0 Å². The third kappa shape index (κ3) is 4.27. The van der Waals surface area contributed by atoms with E-state index in [0.717, 1.165) is 18.9 Å². The first kappa shape index (κ1) is 18.3. The van der Waals surface area contributed by atoms with E-state index < -0.39 is 6.10 Å². The summed E-state index contributed by atoms with van der Waals surface area (Å²) in [7, 11) is 0. The van der Waals surface area contributed by atoms with E-state index in [4.69, 9.17) is 14.2 Å². The average Bonchev–Trinajstić information content (AvgIpc) is 3.25. The lowest BCUT2D eigenvalue weighted by Gasteiger charge is -2.25. The second-order valence-corrected chi connectivity index (χ2v) is 6.81. The van der Waals surface area contributed by atoms with Crippen LogP contribution in [0, 0.1) is 6.92 Å². The van der Waals surface area contributed by atoms with Crippen LogP contribution in [0.5, 0.6) is 17.4 Å². The van der Waals surface area contributed by atoms with Gasteiger partial charge < -0.3 is 24.4 Å². The summed E-state index contributed by atoms with van der Waals surface area (Å²) in [5, 5.41) is 2.82. The molecule has 1 aromatic heterocycles. The summed E-state index contributed by atoms with van der Waals surface area (Å²) < 4.78 is 17.0. The van der Waals surface area contributed by atoms with Gasteiger partial charge in [0, 0.05) is 19.2 Å². The summed E-state index contributed by atoms with van der Waals surface area (Å²) in [4.78, 5) is 23.3. The van der Waals surface area contributed by atoms with E-state index in [-0.39, 0.29) is 12.5 Å². The molecular weight excluding hydrogens is 360 g/mol. The lowest BCUT2D eigenvalue weighted by molar-refractivity contribution is -0.130. The number of aromatic nitrogens is 2. The van der Waals surface area contributed by atoms with Crippen molar-refractivity contribution in [2.75, 3.05) is 37.7 Å². The van der Waals surface area contributed by atoms with Crippen LogP contribution in [0.2, 0.25) is 0 Å². The number of para-hydroxylation sites is 2. The normalized spacial score (nSPS) is 18.0. The predicted octanol–water partition coefficient (Wildman–Crippen LogP) is 1.72. The van der Waals surface area contributed by atoms with Gasteiger partial charge in [0.1, 0.15) is 24.9 Å². The van der Waals surface area contributed by atoms with E-state index in [2.05, 4.69) is 20.2 Å². The van der Waals surface area contributed by atoms with Gasteiger partial charge in [0.25, 0.3) is 5.91 Å². The van der Waals surface area contributed by atoms with Crippen molar-refractivity contribution in [3.05, 3.63) is 36.2 Å². The van der Waals surface area contributed by atoms with Gasteiger partial charge in [0.2, 0.25) is 12.0 Å². The number of benzene rings is 1. The van der Waals surface area contributed by atoms with Crippen LogP contribution in [0.15, 0.2) is 30.3 Å². The molecule has 2 aliphatic rings. The van der Waals surface area contributed by atoms with Gasteiger partial charge in [-0.15, -0.1) is 0 Å². The van der Waals surface area contributed by atoms with E-state index >= 15 is 0 Å². The lowest BCUT2D eigenvalue weighted by Crippen LogP contribution is -2.45. The summed E-state index contributed by atoms with van der Waals surface area (Å²) in [6.07, 6.45) is 1.70. The number of ether oxygens (including phenoxy) is 3. The van der Waals surface area contributed by atoms with Gasteiger partial charge >= 0.3 is 0 Å². The van der Waals surface area contributed by atoms with E-state index in [9.17, 15) is 4.79 Å². The molecule has 0 bridgehead atoms. The maximum atomic E-state index is 12.3. The van der Waals surface area contributed by atoms with Crippen molar-refractivity contribution in [3.63, 3.8) is 0 Å². The Kier molecular flexibility index (Phi) is 5.45. The minimum absolute atomic E-state index is 0.188. The number of amides is 1. The Labute approximate surface area is 163 Å². The summed E-state index contributed by atoms with van der Waals surface area (Å²) in [5.41, 5.74) is 0. The summed E-state index contributed by atoms with van der Waals surface area (Å²) in [6.45, 7) is 4.73. The smallest absolute Gasteiger partial charge is 0.264 e. The van der Waals surface area contributed by atoms with Gasteiger partial charge in [0.05, 0.1) is 6.54 Å². The summed E-state index contributed by atoms with van der Waals surface area (Å²) >= 11 is 0. The number of rotatable bonds is 6. The quantitative estimate of drug-likeness (QED) is 0.759. The second-order valence-electron chi connectivity index (χ2n) is 6.81. The first-order valence-electron chi connectivity index (χ1n) is 9.59. The molecule has 0 radical (unpaired) electrons. The van der Waals surface area contributed by atoms with Gasteiger partial charge in [-0.2, -0.15) is 4.98 Å². The molecule has 3 heterocycles. The Hall–Kier alpha value is -3.03. The number of fused-ring (bicyclic) bond motifs is 1. The maximum absolute atomic E-state index is 12.3. The molecule has 1 amide bonds. The standard InChI is InChI=1S/C20H24N4O4/c1-14-22-18(24-9-4-5-10-24)12-19(23-14)26-11-8-21-20(25)17-13-27-15-6-2-3-7-16(15)28-17/h2-3,6-7,12,17H,4-5,8-11,13H2,1H3,(H,21,25). The Balaban J connectivity index is 1.25. The molecule has 28 heavy (non-hydrogen) atoms. The van der Waals surface area contributed by atoms with Crippen LogP contribution in [0.3, 0.4) is 0 Å². The molecule has 1 fully saturated rings. The van der Waals surface area contributed by atoms with Crippen LogP contribution in [0.25, 0.3) is 0 Å². The Morgan fingerprint density at radius 3 is 2.86 bits per heavy atom. The van der Waals surface area contributed by atoms with E-state index in [1.165, 1.54) is 12.8 Å². The van der Waals surface area contributed by atoms with Crippen LogP contribution in [0.1, 0.15) is 18.7 Å². The zero-order valence-electron chi connectivity index (χ0n) is 15.9. The van der Waals surface area contributed by atoms with Crippen molar-refractivity contribution >= 4 is 11.7 Å². The van der Waals surface area contributed by atoms with Crippen molar-refractivity contribution in [1.82, 2.24) is 15.3 Å². The first-order chi connectivity index (χ1) is 13.7. The number of anilines is 1. The van der Waals surface area contributed by atoms with Crippen LogP contribution in [-0.2, 0) is 4.79 Å². The number of nitrogens with one attached hydrogen (secondary N) is 1. The van der Waals surface area contributed by atoms with E-state index in [1.54, 1.807) is 6.07 Å². The molecule has 4 rings (SSSR count). The molecule has 1 N–H and O–H groups in total. The van der Waals surface area contributed by atoms with Crippen LogP contribution in [0.4, 0.5) is 5.82 Å². The molecule has 8 nitrogen and oxygen atoms in total. The topological polar surface area (TPSA) is 85.8 Å². The fourth-order valence-electron chi connectivity index (χ4n) is 3.30. The molecule has 1 atom stereocenters. The van der Waals surface area contributed by atoms with Gasteiger partial charge in [-0.3, -0.25) is 4.79 Å². The fourth-order valence-corrected chi connectivity index (χ4v) is 3.30. The van der Waals surface area contributed by atoms with Crippen LogP contribution >= 0.6 is 0 Å². The Bertz CT molecular complexity index is 839. The molecule has 1 unspecified atom stereocenters. The highest BCUT2D eigenvalue weighted by Gasteiger charge is 2.26. The van der Waals surface area contributed by atoms with Gasteiger partial charge in [-0.25, -0.2) is 4.98 Å². The summed E-state index contributed by atoms with van der Waals surface area (Å²) in [6, 6.07) is 9.17. The van der Waals surface area contributed by atoms with Crippen molar-refractivity contribution in [2.24, 2.45) is 0 Å². The number of hydrogen-bond donors (Lipinski definition) is 1. The molecule has 2 aliphatic heterocycles. The molecule has 8 heteroatoms. The number of hydrogen-bond acceptors (Lipinski definition) is 7. The van der Waals surface area contributed by atoms with Crippen molar-refractivity contribution in [3.8, 4) is 17.4 Å². The largest absolute Gasteiger partial charge is 0.485 e. The monoisotopic (exact) mass is 384 g/mol. The minimum Gasteiger partial charge on any atom is -0.485 e. The SMILES string of the molecule is Cc1nc(OCCNC(=O)C2COc3ccccc3O2)cc(N2CCCC2)n1. The van der Waals surface area contributed by atoms with Gasteiger partial charge in [0.15, 0.2) is 11.5 Å².